The molecule has 0 aromatic heterocycles. The second-order valence-electron chi connectivity index (χ2n) is 8.37. The van der Waals surface area contributed by atoms with Crippen LogP contribution in [-0.2, 0) is 13.0 Å². The Labute approximate surface area is 231 Å². The fourth-order valence-electron chi connectivity index (χ4n) is 3.92. The Kier molecular flexibility index (Phi) is 8.89. The predicted octanol–water partition coefficient (Wildman–Crippen LogP) is 7.32. The number of fused-ring (bicyclic) bond motifs is 1. The Bertz CT molecular complexity index is 1520. The number of amides is 1. The molecule has 0 fully saturated rings. The highest BCUT2D eigenvalue weighted by Gasteiger charge is 2.15. The molecule has 4 aromatic rings. The zero-order chi connectivity index (χ0) is 27.1. The quantitative estimate of drug-likeness (QED) is 0.123. The molecule has 0 atom stereocenters. The number of rotatable bonds is 10. The standard InChI is InChI=1S/C30H26Cl2N2O4/c1-3-7-22-12-19(13-28(37-4-2)29(22)38-18-23-10-11-24(31)16-26(23)32)17-33-34-30(36)25-14-20-8-5-6-9-21(20)15-27(25)35/h3,5-6,8-17,35H,1,4,7,18H2,2H3,(H,34,36). The third kappa shape index (κ3) is 6.46. The van der Waals surface area contributed by atoms with Crippen LogP contribution in [0.4, 0.5) is 0 Å². The van der Waals surface area contributed by atoms with Crippen LogP contribution in [0, 0.1) is 0 Å². The number of nitrogens with one attached hydrogen (secondary N) is 1. The molecule has 0 radical (unpaired) electrons. The van der Waals surface area contributed by atoms with Gasteiger partial charge in [-0.1, -0.05) is 59.6 Å². The summed E-state index contributed by atoms with van der Waals surface area (Å²) >= 11 is 12.3. The maximum absolute atomic E-state index is 12.7. The Morgan fingerprint density at radius 1 is 1.03 bits per heavy atom. The van der Waals surface area contributed by atoms with E-state index in [1.807, 2.05) is 43.3 Å². The van der Waals surface area contributed by atoms with Gasteiger partial charge in [-0.25, -0.2) is 5.43 Å². The third-order valence-corrected chi connectivity index (χ3v) is 6.28. The van der Waals surface area contributed by atoms with Crippen LogP contribution in [0.15, 0.2) is 84.5 Å². The first kappa shape index (κ1) is 27.0. The van der Waals surface area contributed by atoms with E-state index in [0.717, 1.165) is 21.9 Å². The van der Waals surface area contributed by atoms with Crippen molar-refractivity contribution in [2.45, 2.75) is 20.0 Å². The van der Waals surface area contributed by atoms with Gasteiger partial charge in [-0.2, -0.15) is 5.10 Å². The van der Waals surface area contributed by atoms with Gasteiger partial charge in [0.15, 0.2) is 11.5 Å². The minimum absolute atomic E-state index is 0.120. The smallest absolute Gasteiger partial charge is 0.275 e. The first-order valence-corrected chi connectivity index (χ1v) is 12.7. The molecule has 0 saturated heterocycles. The van der Waals surface area contributed by atoms with Crippen molar-refractivity contribution in [3.8, 4) is 17.2 Å². The number of phenols is 1. The van der Waals surface area contributed by atoms with Gasteiger partial charge in [-0.05, 0) is 66.1 Å². The highest BCUT2D eigenvalue weighted by molar-refractivity contribution is 6.35. The highest BCUT2D eigenvalue weighted by Crippen LogP contribution is 2.35. The lowest BCUT2D eigenvalue weighted by molar-refractivity contribution is 0.0952. The summed E-state index contributed by atoms with van der Waals surface area (Å²) in [5.74, 6) is 0.447. The van der Waals surface area contributed by atoms with E-state index < -0.39 is 5.91 Å². The van der Waals surface area contributed by atoms with Crippen LogP contribution in [0.5, 0.6) is 17.2 Å². The Morgan fingerprint density at radius 2 is 1.79 bits per heavy atom. The number of ether oxygens (including phenoxy) is 2. The monoisotopic (exact) mass is 548 g/mol. The van der Waals surface area contributed by atoms with Gasteiger partial charge in [0.05, 0.1) is 18.4 Å². The lowest BCUT2D eigenvalue weighted by Crippen LogP contribution is -2.17. The molecule has 6 nitrogen and oxygen atoms in total. The molecule has 0 aliphatic rings. The zero-order valence-corrected chi connectivity index (χ0v) is 22.2. The van der Waals surface area contributed by atoms with Crippen molar-refractivity contribution in [3.63, 3.8) is 0 Å². The fraction of sp³-hybridized carbons (Fsp3) is 0.133. The van der Waals surface area contributed by atoms with Crippen molar-refractivity contribution in [1.82, 2.24) is 5.43 Å². The summed E-state index contributed by atoms with van der Waals surface area (Å²) in [6.07, 6.45) is 3.78. The van der Waals surface area contributed by atoms with Gasteiger partial charge in [0.1, 0.15) is 12.4 Å². The minimum Gasteiger partial charge on any atom is -0.507 e. The summed E-state index contributed by atoms with van der Waals surface area (Å²) in [5.41, 5.74) is 4.91. The molecule has 8 heteroatoms. The molecule has 1 amide bonds. The molecule has 0 bridgehead atoms. The van der Waals surface area contributed by atoms with Crippen molar-refractivity contribution in [3.05, 3.63) is 112 Å². The van der Waals surface area contributed by atoms with Crippen molar-refractivity contribution in [1.29, 1.82) is 0 Å². The summed E-state index contributed by atoms with van der Waals surface area (Å²) in [4.78, 5) is 12.7. The average Bonchev–Trinajstić information content (AvgIpc) is 2.89. The number of aromatic hydroxyl groups is 1. The Hall–Kier alpha value is -4.00. The topological polar surface area (TPSA) is 80.2 Å². The Balaban J connectivity index is 1.55. The van der Waals surface area contributed by atoms with Gasteiger partial charge in [-0.3, -0.25) is 4.79 Å². The molecule has 2 N–H and O–H groups in total. The van der Waals surface area contributed by atoms with E-state index in [4.69, 9.17) is 32.7 Å². The number of carbonyl (C=O) groups excluding carboxylic acids is 1. The molecular weight excluding hydrogens is 523 g/mol. The number of allylic oxidation sites excluding steroid dienone is 1. The van der Waals surface area contributed by atoms with Crippen molar-refractivity contribution in [2.24, 2.45) is 5.10 Å². The van der Waals surface area contributed by atoms with E-state index >= 15 is 0 Å². The van der Waals surface area contributed by atoms with Gasteiger partial charge >= 0.3 is 0 Å². The van der Waals surface area contributed by atoms with Gasteiger partial charge < -0.3 is 14.6 Å². The first-order valence-electron chi connectivity index (χ1n) is 11.9. The molecule has 4 rings (SSSR count). The minimum atomic E-state index is -0.527. The predicted molar refractivity (Wildman–Crippen MR) is 153 cm³/mol. The lowest BCUT2D eigenvalue weighted by atomic mass is 10.1. The largest absolute Gasteiger partial charge is 0.507 e. The van der Waals surface area contributed by atoms with Gasteiger partial charge in [0.25, 0.3) is 5.91 Å². The van der Waals surface area contributed by atoms with Crippen LogP contribution in [0.25, 0.3) is 10.8 Å². The first-order chi connectivity index (χ1) is 18.4. The highest BCUT2D eigenvalue weighted by atomic mass is 35.5. The summed E-state index contributed by atoms with van der Waals surface area (Å²) in [6, 6.07) is 19.6. The summed E-state index contributed by atoms with van der Waals surface area (Å²) in [5, 5.41) is 17.1. The van der Waals surface area contributed by atoms with E-state index in [-0.39, 0.29) is 17.9 Å². The van der Waals surface area contributed by atoms with Gasteiger partial charge in [-0.15, -0.1) is 6.58 Å². The molecule has 0 heterocycles. The van der Waals surface area contributed by atoms with Crippen LogP contribution in [-0.4, -0.2) is 23.8 Å². The number of halogens is 2. The van der Waals surface area contributed by atoms with Crippen LogP contribution in [0.1, 0.15) is 34.0 Å². The number of phenolic OH excluding ortho intramolecular Hbond substituents is 1. The molecule has 0 aliphatic carbocycles. The van der Waals surface area contributed by atoms with Crippen LogP contribution >= 0.6 is 23.2 Å². The summed E-state index contributed by atoms with van der Waals surface area (Å²) < 4.78 is 12.0. The molecule has 0 aliphatic heterocycles. The van der Waals surface area contributed by atoms with E-state index in [0.29, 0.717) is 40.1 Å². The number of carbonyl (C=O) groups is 1. The molecule has 0 unspecified atom stereocenters. The van der Waals surface area contributed by atoms with Crippen molar-refractivity contribution >= 4 is 46.1 Å². The van der Waals surface area contributed by atoms with Gasteiger partial charge in [0, 0.05) is 21.2 Å². The molecule has 0 saturated carbocycles. The fourth-order valence-corrected chi connectivity index (χ4v) is 4.38. The van der Waals surface area contributed by atoms with Crippen LogP contribution < -0.4 is 14.9 Å². The SMILES string of the molecule is C=CCc1cc(C=NNC(=O)c2cc3ccccc3cc2O)cc(OCC)c1OCc1ccc(Cl)cc1Cl. The van der Waals surface area contributed by atoms with E-state index in [2.05, 4.69) is 17.1 Å². The Morgan fingerprint density at radius 3 is 2.50 bits per heavy atom. The summed E-state index contributed by atoms with van der Waals surface area (Å²) in [6.45, 7) is 6.37. The normalized spacial score (nSPS) is 11.0. The second-order valence-corrected chi connectivity index (χ2v) is 9.22. The number of nitrogens with zero attached hydrogens (tertiary/aromatic N) is 1. The third-order valence-electron chi connectivity index (χ3n) is 5.69. The van der Waals surface area contributed by atoms with E-state index in [9.17, 15) is 9.90 Å². The number of hydrogen-bond acceptors (Lipinski definition) is 5. The second kappa shape index (κ2) is 12.5. The number of hydrazone groups is 1. The van der Waals surface area contributed by atoms with Crippen molar-refractivity contribution < 1.29 is 19.4 Å². The molecule has 194 valence electrons. The number of hydrogen-bond donors (Lipinski definition) is 2. The zero-order valence-electron chi connectivity index (χ0n) is 20.7. The molecule has 4 aromatic carbocycles. The van der Waals surface area contributed by atoms with Gasteiger partial charge in [0.2, 0.25) is 0 Å². The average molecular weight is 549 g/mol. The summed E-state index contributed by atoms with van der Waals surface area (Å²) in [7, 11) is 0. The molecule has 38 heavy (non-hydrogen) atoms. The maximum atomic E-state index is 12.7. The van der Waals surface area contributed by atoms with Crippen LogP contribution in [0.2, 0.25) is 10.0 Å². The van der Waals surface area contributed by atoms with Crippen LogP contribution in [0.3, 0.4) is 0 Å². The molecular formula is C30H26Cl2N2O4. The maximum Gasteiger partial charge on any atom is 0.275 e. The van der Waals surface area contributed by atoms with E-state index in [1.54, 1.807) is 36.4 Å². The van der Waals surface area contributed by atoms with E-state index in [1.165, 1.54) is 6.21 Å². The lowest BCUT2D eigenvalue weighted by Gasteiger charge is -2.17. The molecule has 0 spiro atoms. The number of benzene rings is 4. The van der Waals surface area contributed by atoms with Crippen molar-refractivity contribution in [2.75, 3.05) is 6.61 Å².